The molecule has 88 valence electrons. The van der Waals surface area contributed by atoms with Crippen molar-refractivity contribution < 1.29 is 4.79 Å². The lowest BCUT2D eigenvalue weighted by molar-refractivity contribution is -0.137. The molecular weight excluding hydrogens is 254 g/mol. The molecule has 1 saturated heterocycles. The largest absolute Gasteiger partial charge is 0.342 e. The van der Waals surface area contributed by atoms with Crippen LogP contribution in [0.4, 0.5) is 0 Å². The van der Waals surface area contributed by atoms with Crippen molar-refractivity contribution in [2.24, 2.45) is 11.8 Å². The predicted octanol–water partition coefficient (Wildman–Crippen LogP) is 3.06. The molecule has 0 N–H and O–H groups in total. The number of likely N-dealkylation sites (tertiary alicyclic amines) is 1. The number of halogens is 1. The van der Waals surface area contributed by atoms with Gasteiger partial charge in [0, 0.05) is 24.3 Å². The predicted molar refractivity (Wildman–Crippen MR) is 67.2 cm³/mol. The zero-order chi connectivity index (χ0) is 11.3. The van der Waals surface area contributed by atoms with Crippen LogP contribution >= 0.6 is 15.9 Å². The van der Waals surface area contributed by atoms with E-state index in [-0.39, 0.29) is 5.92 Å². The summed E-state index contributed by atoms with van der Waals surface area (Å²) in [5.41, 5.74) is 0. The Bertz CT molecular complexity index is 196. The number of nitrogens with zero attached hydrogens (tertiary/aromatic N) is 1. The minimum Gasteiger partial charge on any atom is -0.342 e. The van der Waals surface area contributed by atoms with Crippen molar-refractivity contribution in [2.75, 3.05) is 18.4 Å². The van der Waals surface area contributed by atoms with Crippen LogP contribution < -0.4 is 0 Å². The summed E-state index contributed by atoms with van der Waals surface area (Å²) in [7, 11) is 0. The first-order valence-electron chi connectivity index (χ1n) is 6.07. The van der Waals surface area contributed by atoms with E-state index in [2.05, 4.69) is 34.7 Å². The van der Waals surface area contributed by atoms with Gasteiger partial charge in [0.25, 0.3) is 0 Å². The lowest BCUT2D eigenvalue weighted by Crippen LogP contribution is -2.41. The molecule has 0 saturated carbocycles. The lowest BCUT2D eigenvalue weighted by atomic mass is 9.96. The molecule has 0 radical (unpaired) electrons. The standard InChI is InChI=1S/C12H22BrNO/c1-3-11(4-2)12(15)14-7-5-10(9-13)6-8-14/h10-11H,3-9H2,1-2H3. The minimum atomic E-state index is 0.255. The summed E-state index contributed by atoms with van der Waals surface area (Å²) in [5.74, 6) is 1.41. The number of piperidine rings is 1. The maximum atomic E-state index is 12.1. The normalized spacial score (nSPS) is 18.5. The summed E-state index contributed by atoms with van der Waals surface area (Å²) >= 11 is 3.52. The molecule has 1 rings (SSSR count). The van der Waals surface area contributed by atoms with E-state index in [9.17, 15) is 4.79 Å². The summed E-state index contributed by atoms with van der Waals surface area (Å²) in [4.78, 5) is 14.1. The fourth-order valence-corrected chi connectivity index (χ4v) is 2.85. The van der Waals surface area contributed by atoms with Gasteiger partial charge in [-0.2, -0.15) is 0 Å². The van der Waals surface area contributed by atoms with Gasteiger partial charge in [0.15, 0.2) is 0 Å². The molecule has 0 spiro atoms. The zero-order valence-corrected chi connectivity index (χ0v) is 11.4. The monoisotopic (exact) mass is 275 g/mol. The summed E-state index contributed by atoms with van der Waals surface area (Å²) in [5, 5.41) is 1.08. The molecular formula is C12H22BrNO. The second-order valence-corrected chi connectivity index (χ2v) is 5.08. The van der Waals surface area contributed by atoms with Crippen LogP contribution in [0.15, 0.2) is 0 Å². The molecule has 3 heteroatoms. The summed E-state index contributed by atoms with van der Waals surface area (Å²) < 4.78 is 0. The Kier molecular flexibility index (Phi) is 5.65. The molecule has 0 bridgehead atoms. The van der Waals surface area contributed by atoms with Crippen LogP contribution in [0.3, 0.4) is 0 Å². The first-order valence-corrected chi connectivity index (χ1v) is 7.19. The highest BCUT2D eigenvalue weighted by Gasteiger charge is 2.25. The molecule has 0 aromatic carbocycles. The number of hydrogen-bond acceptors (Lipinski definition) is 1. The van der Waals surface area contributed by atoms with E-state index in [0.717, 1.165) is 50.0 Å². The Labute approximate surface area is 102 Å². The average molecular weight is 276 g/mol. The highest BCUT2D eigenvalue weighted by atomic mass is 79.9. The molecule has 1 heterocycles. The molecule has 0 atom stereocenters. The van der Waals surface area contributed by atoms with Gasteiger partial charge < -0.3 is 4.90 Å². The van der Waals surface area contributed by atoms with Gasteiger partial charge in [-0.25, -0.2) is 0 Å². The fourth-order valence-electron chi connectivity index (χ4n) is 2.20. The number of alkyl halides is 1. The van der Waals surface area contributed by atoms with Gasteiger partial charge in [0.2, 0.25) is 5.91 Å². The summed E-state index contributed by atoms with van der Waals surface area (Å²) in [6.45, 7) is 6.14. The van der Waals surface area contributed by atoms with E-state index < -0.39 is 0 Å². The van der Waals surface area contributed by atoms with Crippen LogP contribution in [-0.4, -0.2) is 29.2 Å². The van der Waals surface area contributed by atoms with Crippen LogP contribution in [0.5, 0.6) is 0 Å². The van der Waals surface area contributed by atoms with Crippen molar-refractivity contribution in [3.05, 3.63) is 0 Å². The average Bonchev–Trinajstić information content (AvgIpc) is 2.30. The van der Waals surface area contributed by atoms with Crippen molar-refractivity contribution in [2.45, 2.75) is 39.5 Å². The second kappa shape index (κ2) is 6.51. The Balaban J connectivity index is 2.42. The van der Waals surface area contributed by atoms with Gasteiger partial charge in [0.05, 0.1) is 0 Å². The first-order chi connectivity index (χ1) is 7.22. The van der Waals surface area contributed by atoms with E-state index >= 15 is 0 Å². The Morgan fingerprint density at radius 2 is 1.87 bits per heavy atom. The number of carbonyl (C=O) groups is 1. The number of rotatable bonds is 4. The molecule has 0 unspecified atom stereocenters. The SMILES string of the molecule is CCC(CC)C(=O)N1CCC(CBr)CC1. The molecule has 1 fully saturated rings. The van der Waals surface area contributed by atoms with Crippen LogP contribution in [0.2, 0.25) is 0 Å². The van der Waals surface area contributed by atoms with E-state index in [4.69, 9.17) is 0 Å². The van der Waals surface area contributed by atoms with Crippen LogP contribution in [-0.2, 0) is 4.79 Å². The van der Waals surface area contributed by atoms with Crippen molar-refractivity contribution >= 4 is 21.8 Å². The quantitative estimate of drug-likeness (QED) is 0.723. The molecule has 1 aliphatic heterocycles. The van der Waals surface area contributed by atoms with E-state index in [1.807, 2.05) is 0 Å². The highest BCUT2D eigenvalue weighted by Crippen LogP contribution is 2.21. The third kappa shape index (κ3) is 3.47. The van der Waals surface area contributed by atoms with Gasteiger partial charge in [-0.05, 0) is 31.6 Å². The van der Waals surface area contributed by atoms with Gasteiger partial charge in [-0.15, -0.1) is 0 Å². The Hall–Kier alpha value is -0.0500. The van der Waals surface area contributed by atoms with Crippen molar-refractivity contribution in [3.63, 3.8) is 0 Å². The molecule has 1 aliphatic rings. The van der Waals surface area contributed by atoms with Crippen LogP contribution in [0.1, 0.15) is 39.5 Å². The minimum absolute atomic E-state index is 0.255. The van der Waals surface area contributed by atoms with Crippen LogP contribution in [0.25, 0.3) is 0 Å². The van der Waals surface area contributed by atoms with Gasteiger partial charge in [0.1, 0.15) is 0 Å². The molecule has 0 aromatic heterocycles. The highest BCUT2D eigenvalue weighted by molar-refractivity contribution is 9.09. The fraction of sp³-hybridized carbons (Fsp3) is 0.917. The summed E-state index contributed by atoms with van der Waals surface area (Å²) in [6, 6.07) is 0. The van der Waals surface area contributed by atoms with E-state index in [1.54, 1.807) is 0 Å². The summed E-state index contributed by atoms with van der Waals surface area (Å²) in [6.07, 6.45) is 4.29. The maximum Gasteiger partial charge on any atom is 0.225 e. The third-order valence-electron chi connectivity index (χ3n) is 3.48. The van der Waals surface area contributed by atoms with Crippen LogP contribution in [0, 0.1) is 11.8 Å². The van der Waals surface area contributed by atoms with Crippen molar-refractivity contribution in [3.8, 4) is 0 Å². The molecule has 2 nitrogen and oxygen atoms in total. The van der Waals surface area contributed by atoms with Gasteiger partial charge in [-0.3, -0.25) is 4.79 Å². The number of amides is 1. The Morgan fingerprint density at radius 3 is 2.27 bits per heavy atom. The Morgan fingerprint density at radius 1 is 1.33 bits per heavy atom. The molecule has 0 aromatic rings. The van der Waals surface area contributed by atoms with Crippen molar-refractivity contribution in [1.29, 1.82) is 0 Å². The van der Waals surface area contributed by atoms with Gasteiger partial charge >= 0.3 is 0 Å². The topological polar surface area (TPSA) is 20.3 Å². The van der Waals surface area contributed by atoms with Crippen molar-refractivity contribution in [1.82, 2.24) is 4.90 Å². The lowest BCUT2D eigenvalue weighted by Gasteiger charge is -2.33. The third-order valence-corrected chi connectivity index (χ3v) is 4.39. The van der Waals surface area contributed by atoms with E-state index in [1.165, 1.54) is 0 Å². The number of carbonyl (C=O) groups excluding carboxylic acids is 1. The van der Waals surface area contributed by atoms with E-state index in [0.29, 0.717) is 5.91 Å². The molecule has 0 aliphatic carbocycles. The second-order valence-electron chi connectivity index (χ2n) is 4.44. The number of hydrogen-bond donors (Lipinski definition) is 0. The molecule has 15 heavy (non-hydrogen) atoms. The molecule has 1 amide bonds. The zero-order valence-electron chi connectivity index (χ0n) is 9.84. The van der Waals surface area contributed by atoms with Gasteiger partial charge in [-0.1, -0.05) is 29.8 Å². The smallest absolute Gasteiger partial charge is 0.225 e. The maximum absolute atomic E-state index is 12.1. The first kappa shape index (κ1) is 13.0.